The Morgan fingerprint density at radius 2 is 2.33 bits per heavy atom. The molecule has 1 heterocycles. The van der Waals surface area contributed by atoms with Crippen LogP contribution < -0.4 is 11.1 Å². The number of rotatable bonds is 1. The highest BCUT2D eigenvalue weighted by Gasteiger charge is 2.07. The Morgan fingerprint density at radius 1 is 1.60 bits per heavy atom. The first-order valence-electron chi connectivity index (χ1n) is 4.26. The Labute approximate surface area is 90.8 Å². The van der Waals surface area contributed by atoms with Crippen LogP contribution in [0.2, 0.25) is 5.15 Å². The van der Waals surface area contributed by atoms with Gasteiger partial charge in [-0.05, 0) is 18.2 Å². The number of aromatic nitrogens is 2. The van der Waals surface area contributed by atoms with Crippen molar-refractivity contribution < 1.29 is 4.79 Å². The van der Waals surface area contributed by atoms with Crippen LogP contribution in [0.5, 0.6) is 0 Å². The molecule has 0 fully saturated rings. The molecule has 2 rings (SSSR count). The van der Waals surface area contributed by atoms with Gasteiger partial charge in [0.05, 0.1) is 5.52 Å². The van der Waals surface area contributed by atoms with Gasteiger partial charge in [-0.15, -0.1) is 0 Å². The third-order valence-electron chi connectivity index (χ3n) is 2.07. The van der Waals surface area contributed by atoms with E-state index < -0.39 is 6.03 Å². The topological polar surface area (TPSA) is 72.9 Å². The summed E-state index contributed by atoms with van der Waals surface area (Å²) in [5.41, 5.74) is 6.47. The van der Waals surface area contributed by atoms with Crippen molar-refractivity contribution in [2.45, 2.75) is 0 Å². The molecule has 0 saturated carbocycles. The van der Waals surface area contributed by atoms with E-state index in [1.165, 1.54) is 0 Å². The second kappa shape index (κ2) is 3.43. The van der Waals surface area contributed by atoms with Crippen LogP contribution in [-0.4, -0.2) is 15.8 Å². The molecule has 15 heavy (non-hydrogen) atoms. The predicted molar refractivity (Wildman–Crippen MR) is 58.9 cm³/mol. The van der Waals surface area contributed by atoms with Crippen LogP contribution in [0.15, 0.2) is 18.2 Å². The van der Waals surface area contributed by atoms with E-state index in [9.17, 15) is 4.79 Å². The molecular formula is C9H9ClN4O. The number of urea groups is 1. The lowest BCUT2D eigenvalue weighted by Crippen LogP contribution is -2.19. The van der Waals surface area contributed by atoms with Crippen molar-refractivity contribution in [3.05, 3.63) is 23.4 Å². The number of benzene rings is 1. The second-order valence-electron chi connectivity index (χ2n) is 3.14. The summed E-state index contributed by atoms with van der Waals surface area (Å²) in [6, 6.07) is 4.68. The van der Waals surface area contributed by atoms with E-state index in [1.54, 1.807) is 29.9 Å². The summed E-state index contributed by atoms with van der Waals surface area (Å²) in [6.45, 7) is 0. The molecule has 1 aromatic carbocycles. The number of aryl methyl sites for hydroxylation is 1. The third-order valence-corrected chi connectivity index (χ3v) is 2.35. The number of amides is 2. The van der Waals surface area contributed by atoms with Gasteiger partial charge in [0.15, 0.2) is 5.15 Å². The number of carbonyl (C=O) groups excluding carboxylic acids is 1. The van der Waals surface area contributed by atoms with E-state index in [-0.39, 0.29) is 0 Å². The molecule has 78 valence electrons. The highest BCUT2D eigenvalue weighted by molar-refractivity contribution is 6.34. The second-order valence-corrected chi connectivity index (χ2v) is 3.49. The molecule has 6 heteroatoms. The smallest absolute Gasteiger partial charge is 0.316 e. The van der Waals surface area contributed by atoms with E-state index in [2.05, 4.69) is 10.4 Å². The molecule has 2 aromatic rings. The SMILES string of the molecule is Cn1nc(Cl)c2ccc(NC(N)=O)cc21. The lowest BCUT2D eigenvalue weighted by atomic mass is 10.2. The molecule has 3 N–H and O–H groups in total. The Bertz CT molecular complexity index is 534. The van der Waals surface area contributed by atoms with Gasteiger partial charge in [0, 0.05) is 18.1 Å². The monoisotopic (exact) mass is 224 g/mol. The number of primary amides is 1. The molecule has 1 aromatic heterocycles. The average Bonchev–Trinajstić information content (AvgIpc) is 2.41. The predicted octanol–water partition coefficient (Wildman–Crippen LogP) is 1.72. The molecule has 0 radical (unpaired) electrons. The maximum Gasteiger partial charge on any atom is 0.316 e. The summed E-state index contributed by atoms with van der Waals surface area (Å²) in [5, 5.41) is 7.82. The molecule has 0 aliphatic heterocycles. The number of fused-ring (bicyclic) bond motifs is 1. The average molecular weight is 225 g/mol. The van der Waals surface area contributed by atoms with Crippen LogP contribution >= 0.6 is 11.6 Å². The third kappa shape index (κ3) is 1.73. The summed E-state index contributed by atoms with van der Waals surface area (Å²) in [6.07, 6.45) is 0. The molecule has 0 saturated heterocycles. The molecule has 0 spiro atoms. The summed E-state index contributed by atoms with van der Waals surface area (Å²) in [4.78, 5) is 10.7. The molecule has 5 nitrogen and oxygen atoms in total. The Kier molecular flexibility index (Phi) is 2.24. The van der Waals surface area contributed by atoms with E-state index in [0.717, 1.165) is 10.9 Å². The fraction of sp³-hybridized carbons (Fsp3) is 0.111. The standard InChI is InChI=1S/C9H9ClN4O/c1-14-7-4-5(12-9(11)15)2-3-6(7)8(10)13-14/h2-4H,1H3,(H3,11,12,15). The Balaban J connectivity index is 2.55. The summed E-state index contributed by atoms with van der Waals surface area (Å²) < 4.78 is 1.64. The number of hydrogen-bond acceptors (Lipinski definition) is 2. The van der Waals surface area contributed by atoms with Gasteiger partial charge in [-0.25, -0.2) is 4.79 Å². The lowest BCUT2D eigenvalue weighted by molar-refractivity contribution is 0.259. The normalized spacial score (nSPS) is 10.5. The Morgan fingerprint density at radius 3 is 3.00 bits per heavy atom. The fourth-order valence-corrected chi connectivity index (χ4v) is 1.71. The quantitative estimate of drug-likeness (QED) is 0.774. The zero-order valence-corrected chi connectivity index (χ0v) is 8.75. The van der Waals surface area contributed by atoms with Gasteiger partial charge >= 0.3 is 6.03 Å². The van der Waals surface area contributed by atoms with Gasteiger partial charge in [-0.3, -0.25) is 4.68 Å². The number of nitrogens with one attached hydrogen (secondary N) is 1. The maximum absolute atomic E-state index is 10.7. The number of anilines is 1. The lowest BCUT2D eigenvalue weighted by Gasteiger charge is -2.01. The molecule has 0 aliphatic carbocycles. The van der Waals surface area contributed by atoms with Gasteiger partial charge in [0.2, 0.25) is 0 Å². The number of nitrogens with zero attached hydrogens (tertiary/aromatic N) is 2. The largest absolute Gasteiger partial charge is 0.351 e. The molecule has 2 amide bonds. The maximum atomic E-state index is 10.7. The first-order chi connectivity index (χ1) is 7.08. The molecule has 0 atom stereocenters. The van der Waals surface area contributed by atoms with E-state index in [1.807, 2.05) is 0 Å². The van der Waals surface area contributed by atoms with Crippen molar-refractivity contribution in [3.63, 3.8) is 0 Å². The van der Waals surface area contributed by atoms with Crippen LogP contribution in [0.3, 0.4) is 0 Å². The van der Waals surface area contributed by atoms with Gasteiger partial charge in [-0.1, -0.05) is 11.6 Å². The van der Waals surface area contributed by atoms with Crippen molar-refractivity contribution in [3.8, 4) is 0 Å². The number of carbonyl (C=O) groups is 1. The zero-order chi connectivity index (χ0) is 11.0. The van der Waals surface area contributed by atoms with Gasteiger partial charge in [-0.2, -0.15) is 5.10 Å². The number of nitrogens with two attached hydrogens (primary N) is 1. The highest BCUT2D eigenvalue weighted by atomic mass is 35.5. The summed E-state index contributed by atoms with van der Waals surface area (Å²) >= 11 is 5.89. The molecule has 0 bridgehead atoms. The fourth-order valence-electron chi connectivity index (χ4n) is 1.43. The molecule has 0 unspecified atom stereocenters. The molecule has 0 aliphatic rings. The summed E-state index contributed by atoms with van der Waals surface area (Å²) in [5.74, 6) is 0. The van der Waals surface area contributed by atoms with Gasteiger partial charge in [0.25, 0.3) is 0 Å². The highest BCUT2D eigenvalue weighted by Crippen LogP contribution is 2.24. The minimum absolute atomic E-state index is 0.443. The van der Waals surface area contributed by atoms with Crippen LogP contribution in [-0.2, 0) is 7.05 Å². The van der Waals surface area contributed by atoms with Crippen LogP contribution in [0, 0.1) is 0 Å². The van der Waals surface area contributed by atoms with Crippen molar-refractivity contribution in [2.24, 2.45) is 12.8 Å². The van der Waals surface area contributed by atoms with Crippen LogP contribution in [0.1, 0.15) is 0 Å². The van der Waals surface area contributed by atoms with Crippen molar-refractivity contribution in [1.29, 1.82) is 0 Å². The molecular weight excluding hydrogens is 216 g/mol. The summed E-state index contributed by atoms with van der Waals surface area (Å²) in [7, 11) is 1.78. The first-order valence-corrected chi connectivity index (χ1v) is 4.64. The van der Waals surface area contributed by atoms with E-state index >= 15 is 0 Å². The minimum Gasteiger partial charge on any atom is -0.351 e. The van der Waals surface area contributed by atoms with Crippen LogP contribution in [0.4, 0.5) is 10.5 Å². The van der Waals surface area contributed by atoms with Crippen molar-refractivity contribution >= 4 is 34.2 Å². The van der Waals surface area contributed by atoms with E-state index in [4.69, 9.17) is 17.3 Å². The van der Waals surface area contributed by atoms with Gasteiger partial charge in [0.1, 0.15) is 0 Å². The Hall–Kier alpha value is -1.75. The minimum atomic E-state index is -0.595. The van der Waals surface area contributed by atoms with Crippen molar-refractivity contribution in [1.82, 2.24) is 9.78 Å². The number of halogens is 1. The zero-order valence-electron chi connectivity index (χ0n) is 7.99. The number of hydrogen-bond donors (Lipinski definition) is 2. The van der Waals surface area contributed by atoms with E-state index in [0.29, 0.717) is 10.8 Å². The van der Waals surface area contributed by atoms with Crippen molar-refractivity contribution in [2.75, 3.05) is 5.32 Å². The van der Waals surface area contributed by atoms with Gasteiger partial charge < -0.3 is 11.1 Å². The first kappa shape index (κ1) is 9.79. The van der Waals surface area contributed by atoms with Crippen LogP contribution in [0.25, 0.3) is 10.9 Å².